The van der Waals surface area contributed by atoms with Gasteiger partial charge < -0.3 is 5.32 Å². The van der Waals surface area contributed by atoms with Gasteiger partial charge in [0.2, 0.25) is 0 Å². The highest BCUT2D eigenvalue weighted by molar-refractivity contribution is 5.97. The second-order valence-electron chi connectivity index (χ2n) is 5.21. The van der Waals surface area contributed by atoms with Gasteiger partial charge in [0.15, 0.2) is 11.5 Å². The van der Waals surface area contributed by atoms with Crippen molar-refractivity contribution in [3.05, 3.63) is 54.0 Å². The maximum absolute atomic E-state index is 12.4. The Bertz CT molecular complexity index is 1000. The topological polar surface area (TPSA) is 101 Å². The van der Waals surface area contributed by atoms with E-state index < -0.39 is 0 Å². The lowest BCUT2D eigenvalue weighted by Crippen LogP contribution is -2.28. The van der Waals surface area contributed by atoms with Gasteiger partial charge in [-0.3, -0.25) is 9.20 Å². The van der Waals surface area contributed by atoms with E-state index in [1.54, 1.807) is 18.2 Å². The van der Waals surface area contributed by atoms with Crippen LogP contribution in [0, 0.1) is 0 Å². The minimum atomic E-state index is -0.284. The molecule has 4 rings (SSSR count). The van der Waals surface area contributed by atoms with Crippen LogP contribution < -0.4 is 5.32 Å². The zero-order chi connectivity index (χ0) is 15.8. The monoisotopic (exact) mass is 307 g/mol. The van der Waals surface area contributed by atoms with Crippen molar-refractivity contribution in [2.24, 2.45) is 0 Å². The molecule has 0 saturated heterocycles. The van der Waals surface area contributed by atoms with E-state index in [0.717, 1.165) is 11.2 Å². The minimum absolute atomic E-state index is 0.199. The summed E-state index contributed by atoms with van der Waals surface area (Å²) in [4.78, 5) is 12.4. The number of nitrogens with zero attached hydrogens (tertiary/aromatic N) is 5. The number of fused-ring (bicyclic) bond motifs is 2. The molecule has 114 valence electrons. The van der Waals surface area contributed by atoms with E-state index in [2.05, 4.69) is 30.9 Å². The number of aromatic nitrogens is 6. The first-order valence-corrected chi connectivity index (χ1v) is 7.13. The number of aromatic amines is 1. The lowest BCUT2D eigenvalue weighted by Gasteiger charge is -2.12. The molecular formula is C15H13N7O. The van der Waals surface area contributed by atoms with Crippen LogP contribution in [0.4, 0.5) is 0 Å². The third kappa shape index (κ3) is 2.30. The Morgan fingerprint density at radius 1 is 1.17 bits per heavy atom. The molecule has 0 radical (unpaired) electrons. The molecule has 0 spiro atoms. The molecule has 0 aliphatic carbocycles. The van der Waals surface area contributed by atoms with Crippen molar-refractivity contribution in [2.75, 3.05) is 0 Å². The van der Waals surface area contributed by atoms with E-state index in [0.29, 0.717) is 16.9 Å². The SMILES string of the molecule is C[C@H](NC(=O)c1ccc2n[nH]nc2c1)c1nnc2ccccn12. The lowest BCUT2D eigenvalue weighted by molar-refractivity contribution is 0.0938. The minimum Gasteiger partial charge on any atom is -0.342 e. The van der Waals surface area contributed by atoms with E-state index in [1.165, 1.54) is 0 Å². The summed E-state index contributed by atoms with van der Waals surface area (Å²) in [7, 11) is 0. The Kier molecular flexibility index (Phi) is 3.00. The van der Waals surface area contributed by atoms with E-state index in [9.17, 15) is 4.79 Å². The number of carbonyl (C=O) groups excluding carboxylic acids is 1. The fourth-order valence-corrected chi connectivity index (χ4v) is 2.48. The first-order valence-electron chi connectivity index (χ1n) is 7.13. The summed E-state index contributed by atoms with van der Waals surface area (Å²) < 4.78 is 1.85. The van der Waals surface area contributed by atoms with Crippen molar-refractivity contribution >= 4 is 22.6 Å². The molecule has 2 N–H and O–H groups in total. The van der Waals surface area contributed by atoms with Gasteiger partial charge in [0.05, 0.1) is 6.04 Å². The summed E-state index contributed by atoms with van der Waals surface area (Å²) in [6.45, 7) is 1.87. The molecule has 1 atom stereocenters. The van der Waals surface area contributed by atoms with E-state index >= 15 is 0 Å². The van der Waals surface area contributed by atoms with E-state index in [4.69, 9.17) is 0 Å². The fraction of sp³-hybridized carbons (Fsp3) is 0.133. The Morgan fingerprint density at radius 3 is 2.96 bits per heavy atom. The molecule has 0 bridgehead atoms. The van der Waals surface area contributed by atoms with Crippen molar-refractivity contribution in [2.45, 2.75) is 13.0 Å². The second-order valence-corrected chi connectivity index (χ2v) is 5.21. The van der Waals surface area contributed by atoms with Crippen molar-refractivity contribution in [1.82, 2.24) is 35.3 Å². The van der Waals surface area contributed by atoms with Crippen LogP contribution in [0.5, 0.6) is 0 Å². The van der Waals surface area contributed by atoms with Crippen LogP contribution in [0.1, 0.15) is 29.1 Å². The number of hydrogen-bond donors (Lipinski definition) is 2. The highest BCUT2D eigenvalue weighted by Gasteiger charge is 2.17. The van der Waals surface area contributed by atoms with Gasteiger partial charge >= 0.3 is 0 Å². The third-order valence-electron chi connectivity index (χ3n) is 3.65. The summed E-state index contributed by atoms with van der Waals surface area (Å²) in [5.74, 6) is 0.478. The van der Waals surface area contributed by atoms with Gasteiger partial charge in [-0.15, -0.1) is 10.2 Å². The highest BCUT2D eigenvalue weighted by atomic mass is 16.1. The molecule has 8 nitrogen and oxygen atoms in total. The van der Waals surface area contributed by atoms with E-state index in [1.807, 2.05) is 35.7 Å². The third-order valence-corrected chi connectivity index (χ3v) is 3.65. The van der Waals surface area contributed by atoms with Gasteiger partial charge in [-0.1, -0.05) is 6.07 Å². The zero-order valence-electron chi connectivity index (χ0n) is 12.3. The van der Waals surface area contributed by atoms with Gasteiger partial charge in [-0.25, -0.2) is 0 Å². The van der Waals surface area contributed by atoms with Crippen molar-refractivity contribution in [1.29, 1.82) is 0 Å². The number of rotatable bonds is 3. The number of pyridine rings is 1. The molecule has 0 aliphatic rings. The van der Waals surface area contributed by atoms with Crippen LogP contribution in [0.3, 0.4) is 0 Å². The summed E-state index contributed by atoms with van der Waals surface area (Å²) in [5, 5.41) is 21.7. The predicted octanol–water partition coefficient (Wildman–Crippen LogP) is 1.49. The molecule has 8 heteroatoms. The van der Waals surface area contributed by atoms with Crippen molar-refractivity contribution in [3.63, 3.8) is 0 Å². The van der Waals surface area contributed by atoms with Crippen LogP contribution in [0.25, 0.3) is 16.7 Å². The summed E-state index contributed by atoms with van der Waals surface area (Å²) in [5.41, 5.74) is 2.64. The van der Waals surface area contributed by atoms with E-state index in [-0.39, 0.29) is 11.9 Å². The maximum Gasteiger partial charge on any atom is 0.251 e. The summed E-state index contributed by atoms with van der Waals surface area (Å²) in [6, 6.07) is 10.5. The van der Waals surface area contributed by atoms with Crippen LogP contribution >= 0.6 is 0 Å². The van der Waals surface area contributed by atoms with Gasteiger partial charge in [0, 0.05) is 11.8 Å². The normalized spacial score (nSPS) is 12.6. The molecule has 3 aromatic heterocycles. The summed E-state index contributed by atoms with van der Waals surface area (Å²) >= 11 is 0. The highest BCUT2D eigenvalue weighted by Crippen LogP contribution is 2.14. The first-order chi connectivity index (χ1) is 11.2. The first kappa shape index (κ1) is 13.4. The standard InChI is InChI=1S/C15H13N7O/c1-9(14-20-19-13-4-2-3-7-22(13)14)16-15(23)10-5-6-11-12(8-10)18-21-17-11/h2-9H,1H3,(H,16,23)(H,17,18,21)/t9-/m0/s1. The number of hydrogen-bond acceptors (Lipinski definition) is 5. The molecule has 0 fully saturated rings. The number of nitrogens with one attached hydrogen (secondary N) is 2. The molecule has 3 heterocycles. The summed E-state index contributed by atoms with van der Waals surface area (Å²) in [6.07, 6.45) is 1.87. The van der Waals surface area contributed by atoms with Crippen LogP contribution in [-0.4, -0.2) is 35.9 Å². The molecule has 0 unspecified atom stereocenters. The molecule has 1 amide bonds. The molecule has 0 saturated carbocycles. The fourth-order valence-electron chi connectivity index (χ4n) is 2.48. The molecule has 4 aromatic rings. The number of H-pyrrole nitrogens is 1. The lowest BCUT2D eigenvalue weighted by atomic mass is 10.1. The van der Waals surface area contributed by atoms with Gasteiger partial charge in [-0.2, -0.15) is 15.4 Å². The smallest absolute Gasteiger partial charge is 0.251 e. The number of benzene rings is 1. The number of amides is 1. The van der Waals surface area contributed by atoms with Crippen molar-refractivity contribution < 1.29 is 4.79 Å². The zero-order valence-corrected chi connectivity index (χ0v) is 12.3. The second kappa shape index (κ2) is 5.16. The van der Waals surface area contributed by atoms with Crippen LogP contribution in [0.2, 0.25) is 0 Å². The largest absolute Gasteiger partial charge is 0.342 e. The quantitative estimate of drug-likeness (QED) is 0.597. The molecule has 0 aliphatic heterocycles. The Balaban J connectivity index is 1.60. The van der Waals surface area contributed by atoms with Gasteiger partial charge in [0.25, 0.3) is 5.91 Å². The number of carbonyl (C=O) groups is 1. The van der Waals surface area contributed by atoms with Gasteiger partial charge in [0.1, 0.15) is 11.0 Å². The molecule has 1 aromatic carbocycles. The Morgan fingerprint density at radius 2 is 2.04 bits per heavy atom. The van der Waals surface area contributed by atoms with Gasteiger partial charge in [-0.05, 0) is 37.3 Å². The van der Waals surface area contributed by atoms with Crippen LogP contribution in [-0.2, 0) is 0 Å². The molecule has 23 heavy (non-hydrogen) atoms. The Labute approximate surface area is 130 Å². The maximum atomic E-state index is 12.4. The molecular weight excluding hydrogens is 294 g/mol. The van der Waals surface area contributed by atoms with Crippen molar-refractivity contribution in [3.8, 4) is 0 Å². The average Bonchev–Trinajstić information content (AvgIpc) is 3.20. The average molecular weight is 307 g/mol. The van der Waals surface area contributed by atoms with Crippen LogP contribution in [0.15, 0.2) is 42.6 Å². The predicted molar refractivity (Wildman–Crippen MR) is 82.8 cm³/mol. The Hall–Kier alpha value is -3.29.